The number of thioether (sulfide) groups is 2. The Kier molecular flexibility index (Phi) is 14.7. The van der Waals surface area contributed by atoms with E-state index in [-0.39, 0.29) is 55.5 Å². The van der Waals surface area contributed by atoms with Crippen LogP contribution < -0.4 is 0 Å². The van der Waals surface area contributed by atoms with Gasteiger partial charge in [0.1, 0.15) is 5.78 Å². The summed E-state index contributed by atoms with van der Waals surface area (Å²) in [5.74, 6) is 2.19. The van der Waals surface area contributed by atoms with Crippen molar-refractivity contribution < 1.29 is 42.6 Å². The standard InChI is InChI=1S/C14H22BO2S2.C11H10.Y/c1-3-10(16)5-6-11-12(15)9-13(17)14(11)19-8-4-7-18-2;1-9-6-7-10-4-2-3-5-11(10)8-9;/h5-6,10-12,14,16H,2-4,7-9H2,1H3;2-8H,1H3;/q-1;;/b6-5+;;/t10?,11-,12+,14+;;/m0../s1. The van der Waals surface area contributed by atoms with Gasteiger partial charge in [-0.05, 0) is 48.0 Å². The normalized spacial score (nSPS) is 21.5. The van der Waals surface area contributed by atoms with Crippen LogP contribution in [0.25, 0.3) is 10.8 Å². The Morgan fingerprint density at radius 1 is 1.23 bits per heavy atom. The van der Waals surface area contributed by atoms with E-state index < -0.39 is 6.10 Å². The van der Waals surface area contributed by atoms with Gasteiger partial charge in [0.25, 0.3) is 0 Å². The second kappa shape index (κ2) is 15.7. The zero-order chi connectivity index (χ0) is 21.9. The van der Waals surface area contributed by atoms with Crippen LogP contribution in [0.1, 0.15) is 31.7 Å². The van der Waals surface area contributed by atoms with Gasteiger partial charge >= 0.3 is 0 Å². The van der Waals surface area contributed by atoms with E-state index in [0.29, 0.717) is 12.8 Å². The Bertz CT molecular complexity index is 830. The zero-order valence-electron chi connectivity index (χ0n) is 18.6. The van der Waals surface area contributed by atoms with E-state index in [0.717, 1.165) is 17.9 Å². The molecular formula is C25H32BO2S2Y-. The largest absolute Gasteiger partial charge is 0.389 e. The number of aryl methyl sites for hydroxylation is 1. The molecule has 2 aromatic carbocycles. The van der Waals surface area contributed by atoms with Gasteiger partial charge < -0.3 is 16.9 Å². The molecule has 0 aliphatic heterocycles. The van der Waals surface area contributed by atoms with Gasteiger partial charge in [0.15, 0.2) is 0 Å². The molecule has 0 heterocycles. The van der Waals surface area contributed by atoms with Crippen LogP contribution in [0.3, 0.4) is 0 Å². The van der Waals surface area contributed by atoms with Crippen LogP contribution >= 0.6 is 23.5 Å². The topological polar surface area (TPSA) is 37.3 Å². The fourth-order valence-corrected chi connectivity index (χ4v) is 5.34. The fraction of sp³-hybridized carbons (Fsp3) is 0.440. The molecule has 3 radical (unpaired) electrons. The number of Topliss-reactive ketones (excluding diaryl/α,β-unsaturated/α-hetero) is 1. The third-order valence-electron chi connectivity index (χ3n) is 5.21. The number of rotatable bonds is 8. The molecule has 163 valence electrons. The number of carbonyl (C=O) groups is 1. The summed E-state index contributed by atoms with van der Waals surface area (Å²) in [7, 11) is 6.04. The Labute approximate surface area is 223 Å². The molecule has 1 fully saturated rings. The summed E-state index contributed by atoms with van der Waals surface area (Å²) in [6.45, 7) is 4.05. The van der Waals surface area contributed by atoms with Crippen molar-refractivity contribution in [2.24, 2.45) is 5.92 Å². The molecule has 0 bridgehead atoms. The number of carbonyl (C=O) groups excluding carboxylic acids is 1. The summed E-state index contributed by atoms with van der Waals surface area (Å²) < 4.78 is 0. The Morgan fingerprint density at radius 3 is 2.61 bits per heavy atom. The molecule has 1 aliphatic rings. The van der Waals surface area contributed by atoms with Crippen LogP contribution in [0.2, 0.25) is 5.82 Å². The average molecular weight is 528 g/mol. The summed E-state index contributed by atoms with van der Waals surface area (Å²) >= 11 is 3.28. The monoisotopic (exact) mass is 528 g/mol. The molecule has 0 saturated heterocycles. The van der Waals surface area contributed by atoms with Gasteiger partial charge in [0.2, 0.25) is 0 Å². The van der Waals surface area contributed by atoms with Crippen molar-refractivity contribution in [3.63, 3.8) is 0 Å². The number of aliphatic hydroxyl groups excluding tert-OH is 1. The minimum Gasteiger partial charge on any atom is -0.389 e. The molecule has 2 nitrogen and oxygen atoms in total. The fourth-order valence-electron chi connectivity index (χ4n) is 3.44. The van der Waals surface area contributed by atoms with Gasteiger partial charge in [-0.1, -0.05) is 72.9 Å². The molecule has 1 saturated carbocycles. The smallest absolute Gasteiger partial charge is 0.145 e. The molecule has 6 heteroatoms. The first-order valence-corrected chi connectivity index (χ1v) is 12.7. The number of aliphatic hydroxyl groups is 1. The molecule has 0 spiro atoms. The number of hydrogen-bond acceptors (Lipinski definition) is 4. The van der Waals surface area contributed by atoms with E-state index in [9.17, 15) is 9.90 Å². The number of allylic oxidation sites excluding steroid dienone is 1. The first-order chi connectivity index (χ1) is 14.5. The second-order valence-electron chi connectivity index (χ2n) is 7.68. The summed E-state index contributed by atoms with van der Waals surface area (Å²) in [5.41, 5.74) is 1.32. The molecule has 2 aromatic rings. The maximum absolute atomic E-state index is 12.0. The molecule has 1 N–H and O–H groups in total. The van der Waals surface area contributed by atoms with Gasteiger partial charge in [-0.3, -0.25) is 11.1 Å². The quantitative estimate of drug-likeness (QED) is 0.197. The van der Waals surface area contributed by atoms with Gasteiger partial charge in [0.05, 0.1) is 19.2 Å². The number of benzene rings is 2. The summed E-state index contributed by atoms with van der Waals surface area (Å²) in [6, 6.07) is 14.9. The molecule has 1 aliphatic carbocycles. The van der Waals surface area contributed by atoms with Crippen molar-refractivity contribution in [2.45, 2.75) is 50.3 Å². The summed E-state index contributed by atoms with van der Waals surface area (Å²) in [6.07, 6.45) is 9.23. The summed E-state index contributed by atoms with van der Waals surface area (Å²) in [5, 5.41) is 12.2. The first kappa shape index (κ1) is 29.0. The Morgan fingerprint density at radius 2 is 1.94 bits per heavy atom. The number of fused-ring (bicyclic) bond motifs is 1. The Hall–Kier alpha value is -0.0612. The Balaban J connectivity index is 0.000000338. The van der Waals surface area contributed by atoms with Crippen molar-refractivity contribution in [1.29, 1.82) is 0 Å². The van der Waals surface area contributed by atoms with Gasteiger partial charge in [-0.25, -0.2) is 0 Å². The van der Waals surface area contributed by atoms with E-state index in [1.165, 1.54) is 16.3 Å². The van der Waals surface area contributed by atoms with Crippen LogP contribution in [-0.2, 0) is 37.5 Å². The van der Waals surface area contributed by atoms with E-state index >= 15 is 0 Å². The second-order valence-corrected chi connectivity index (χ2v) is 9.74. The average Bonchev–Trinajstić information content (AvgIpc) is 3.02. The first-order valence-electron chi connectivity index (χ1n) is 10.5. The van der Waals surface area contributed by atoms with Crippen molar-refractivity contribution in [3.05, 3.63) is 66.4 Å². The van der Waals surface area contributed by atoms with Crippen molar-refractivity contribution in [1.82, 2.24) is 0 Å². The molecule has 4 atom stereocenters. The van der Waals surface area contributed by atoms with E-state index in [2.05, 4.69) is 55.6 Å². The SMILES string of the molecule is Cc1ccc2ccccc2c1.[B][C@@H]1CC(=O)[C@H](SCCCS[CH2-])[C@H]1/C=C/C(O)CC.[Y]. The van der Waals surface area contributed by atoms with E-state index in [4.69, 9.17) is 7.85 Å². The van der Waals surface area contributed by atoms with Crippen LogP contribution in [0.4, 0.5) is 0 Å². The van der Waals surface area contributed by atoms with Crippen LogP contribution in [-0.4, -0.2) is 41.6 Å². The molecule has 0 aromatic heterocycles. The predicted molar refractivity (Wildman–Crippen MR) is 135 cm³/mol. The van der Waals surface area contributed by atoms with Crippen LogP contribution in [0.15, 0.2) is 54.6 Å². The molecule has 31 heavy (non-hydrogen) atoms. The predicted octanol–water partition coefficient (Wildman–Crippen LogP) is 6.02. The molecule has 1 unspecified atom stereocenters. The van der Waals surface area contributed by atoms with Crippen LogP contribution in [0, 0.1) is 19.1 Å². The van der Waals surface area contributed by atoms with Crippen molar-refractivity contribution >= 4 is 47.9 Å². The minimum absolute atomic E-state index is 0. The molecule has 3 rings (SSSR count). The minimum atomic E-state index is -0.434. The van der Waals surface area contributed by atoms with Gasteiger partial charge in [-0.15, -0.1) is 0 Å². The summed E-state index contributed by atoms with van der Waals surface area (Å²) in [4.78, 5) is 12.0. The maximum Gasteiger partial charge on any atom is 0.145 e. The van der Waals surface area contributed by atoms with Crippen LogP contribution in [0.5, 0.6) is 0 Å². The third-order valence-corrected chi connectivity index (χ3v) is 7.25. The maximum atomic E-state index is 12.0. The van der Waals surface area contributed by atoms with Crippen molar-refractivity contribution in [3.8, 4) is 0 Å². The zero-order valence-corrected chi connectivity index (χ0v) is 23.0. The van der Waals surface area contributed by atoms with Gasteiger partial charge in [-0.2, -0.15) is 11.8 Å². The van der Waals surface area contributed by atoms with E-state index in [1.807, 2.05) is 13.0 Å². The third kappa shape index (κ3) is 9.76. The van der Waals surface area contributed by atoms with Gasteiger partial charge in [0, 0.05) is 39.1 Å². The van der Waals surface area contributed by atoms with Crippen molar-refractivity contribution in [2.75, 3.05) is 11.5 Å². The number of ketones is 1. The molecule has 0 amide bonds. The number of hydrogen-bond donors (Lipinski definition) is 1. The van der Waals surface area contributed by atoms with E-state index in [1.54, 1.807) is 29.6 Å². The molecular weight excluding hydrogens is 496 g/mol.